The fourth-order valence-corrected chi connectivity index (χ4v) is 3.81. The summed E-state index contributed by atoms with van der Waals surface area (Å²) >= 11 is 0. The van der Waals surface area contributed by atoms with Crippen molar-refractivity contribution in [1.82, 2.24) is 4.98 Å². The molecule has 164 valence electrons. The minimum Gasteiger partial charge on any atom is -0.340 e. The van der Waals surface area contributed by atoms with Crippen molar-refractivity contribution in [3.05, 3.63) is 65.2 Å². The molecular formula is C20H21N3O6S2. The first kappa shape index (κ1) is 22.7. The number of aromatic nitrogens is 1. The Hall–Kier alpha value is -2.99. The molecule has 0 aliphatic heterocycles. The first-order chi connectivity index (χ1) is 14.4. The molecule has 0 aliphatic carbocycles. The lowest BCUT2D eigenvalue weighted by Gasteiger charge is -2.17. The van der Waals surface area contributed by atoms with Gasteiger partial charge in [0.25, 0.3) is 20.2 Å². The summed E-state index contributed by atoms with van der Waals surface area (Å²) in [6.07, 6.45) is 0. The molecule has 0 atom stereocenters. The van der Waals surface area contributed by atoms with E-state index in [0.717, 1.165) is 16.7 Å². The number of benzene rings is 2. The maximum atomic E-state index is 11.2. The zero-order chi connectivity index (χ0) is 23.0. The van der Waals surface area contributed by atoms with E-state index < -0.39 is 20.2 Å². The van der Waals surface area contributed by atoms with Crippen LogP contribution in [-0.2, 0) is 20.2 Å². The predicted molar refractivity (Wildman–Crippen MR) is 118 cm³/mol. The summed E-state index contributed by atoms with van der Waals surface area (Å²) in [4.78, 5) is 4.19. The van der Waals surface area contributed by atoms with Crippen LogP contribution in [0.4, 0.5) is 23.0 Å². The molecule has 0 bridgehead atoms. The Morgan fingerprint density at radius 2 is 0.935 bits per heavy atom. The van der Waals surface area contributed by atoms with Gasteiger partial charge >= 0.3 is 0 Å². The van der Waals surface area contributed by atoms with Crippen LogP contribution in [0.15, 0.2) is 58.3 Å². The van der Waals surface area contributed by atoms with Crippen LogP contribution in [0, 0.1) is 20.8 Å². The Bertz CT molecular complexity index is 1230. The number of anilines is 4. The van der Waals surface area contributed by atoms with Crippen LogP contribution in [0.1, 0.15) is 16.7 Å². The Labute approximate surface area is 180 Å². The van der Waals surface area contributed by atoms with Gasteiger partial charge < -0.3 is 10.6 Å². The molecule has 2 aromatic carbocycles. The van der Waals surface area contributed by atoms with Gasteiger partial charge in [-0.3, -0.25) is 9.11 Å². The number of nitrogens with one attached hydrogen (secondary N) is 2. The van der Waals surface area contributed by atoms with Crippen molar-refractivity contribution in [2.24, 2.45) is 0 Å². The number of pyridine rings is 1. The number of hydrogen-bond donors (Lipinski definition) is 4. The molecule has 11 heteroatoms. The van der Waals surface area contributed by atoms with Crippen molar-refractivity contribution in [2.75, 3.05) is 10.6 Å². The topological polar surface area (TPSA) is 146 Å². The number of hydrogen-bond acceptors (Lipinski definition) is 7. The van der Waals surface area contributed by atoms with E-state index in [4.69, 9.17) is 9.11 Å². The smallest absolute Gasteiger partial charge is 0.294 e. The van der Waals surface area contributed by atoms with Gasteiger partial charge in [0, 0.05) is 11.4 Å². The van der Waals surface area contributed by atoms with E-state index >= 15 is 0 Å². The van der Waals surface area contributed by atoms with E-state index in [0.29, 0.717) is 23.0 Å². The third-order valence-corrected chi connectivity index (χ3v) is 6.62. The molecule has 0 saturated carbocycles. The second-order valence-corrected chi connectivity index (χ2v) is 9.78. The van der Waals surface area contributed by atoms with E-state index in [2.05, 4.69) is 15.6 Å². The van der Waals surface area contributed by atoms with Crippen LogP contribution in [0.2, 0.25) is 0 Å². The molecule has 31 heavy (non-hydrogen) atoms. The van der Waals surface area contributed by atoms with Crippen LogP contribution in [0.5, 0.6) is 0 Å². The van der Waals surface area contributed by atoms with E-state index in [1.165, 1.54) is 48.5 Å². The second kappa shape index (κ2) is 8.27. The lowest BCUT2D eigenvalue weighted by molar-refractivity contribution is 0.481. The highest BCUT2D eigenvalue weighted by Gasteiger charge is 2.14. The summed E-state index contributed by atoms with van der Waals surface area (Å²) in [6, 6.07) is 11.2. The Morgan fingerprint density at radius 3 is 1.23 bits per heavy atom. The zero-order valence-electron chi connectivity index (χ0n) is 16.9. The summed E-state index contributed by atoms with van der Waals surface area (Å²) < 4.78 is 63.0. The fourth-order valence-electron chi connectivity index (χ4n) is 2.85. The third-order valence-electron chi connectivity index (χ3n) is 4.89. The summed E-state index contributed by atoms with van der Waals surface area (Å²) in [6.45, 7) is 5.73. The average molecular weight is 464 g/mol. The van der Waals surface area contributed by atoms with Crippen LogP contribution in [0.3, 0.4) is 0 Å². The largest absolute Gasteiger partial charge is 0.340 e. The van der Waals surface area contributed by atoms with Crippen molar-refractivity contribution in [2.45, 2.75) is 30.6 Å². The molecule has 0 saturated heterocycles. The van der Waals surface area contributed by atoms with Crippen LogP contribution < -0.4 is 10.6 Å². The minimum atomic E-state index is -4.27. The molecule has 1 aromatic heterocycles. The first-order valence-electron chi connectivity index (χ1n) is 9.03. The molecule has 3 rings (SSSR count). The fraction of sp³-hybridized carbons (Fsp3) is 0.150. The molecule has 4 N–H and O–H groups in total. The van der Waals surface area contributed by atoms with Crippen LogP contribution >= 0.6 is 0 Å². The molecule has 1 heterocycles. The second-order valence-electron chi connectivity index (χ2n) is 6.93. The van der Waals surface area contributed by atoms with Gasteiger partial charge in [0.05, 0.1) is 9.79 Å². The third kappa shape index (κ3) is 5.20. The van der Waals surface area contributed by atoms with Crippen LogP contribution in [0.25, 0.3) is 0 Å². The van der Waals surface area contributed by atoms with E-state index in [-0.39, 0.29) is 9.79 Å². The van der Waals surface area contributed by atoms with Gasteiger partial charge in [-0.25, -0.2) is 4.98 Å². The van der Waals surface area contributed by atoms with Crippen molar-refractivity contribution < 1.29 is 25.9 Å². The molecular weight excluding hydrogens is 442 g/mol. The maximum Gasteiger partial charge on any atom is 0.294 e. The average Bonchev–Trinajstić information content (AvgIpc) is 2.69. The maximum absolute atomic E-state index is 11.2. The standard InChI is InChI=1S/C20H21N3O6S2/c1-12-13(2)19(21-15-4-8-17(9-5-15)30(24,25)26)23-20(14(12)3)22-16-6-10-18(11-7-16)31(27,28)29/h4-11H,1-3H3,(H2,21,22,23)(H,24,25,26)(H,27,28,29). The molecule has 0 aliphatic rings. The lowest BCUT2D eigenvalue weighted by Crippen LogP contribution is -2.06. The molecule has 3 aromatic rings. The monoisotopic (exact) mass is 463 g/mol. The lowest BCUT2D eigenvalue weighted by atomic mass is 10.1. The molecule has 0 unspecified atom stereocenters. The molecule has 9 nitrogen and oxygen atoms in total. The number of rotatable bonds is 6. The molecule has 0 amide bonds. The summed E-state index contributed by atoms with van der Waals surface area (Å²) in [7, 11) is -8.55. The minimum absolute atomic E-state index is 0.210. The summed E-state index contributed by atoms with van der Waals surface area (Å²) in [5.41, 5.74) is 3.92. The molecule has 0 fully saturated rings. The quantitative estimate of drug-likeness (QED) is 0.399. The van der Waals surface area contributed by atoms with Crippen LogP contribution in [-0.4, -0.2) is 30.9 Å². The highest BCUT2D eigenvalue weighted by molar-refractivity contribution is 7.86. The van der Waals surface area contributed by atoms with Gasteiger partial charge in [0.1, 0.15) is 11.6 Å². The van der Waals surface area contributed by atoms with Crippen molar-refractivity contribution in [3.8, 4) is 0 Å². The highest BCUT2D eigenvalue weighted by Crippen LogP contribution is 2.30. The Balaban J connectivity index is 1.91. The SMILES string of the molecule is Cc1c(Nc2ccc(S(=O)(=O)O)cc2)nc(Nc2ccc(S(=O)(=O)O)cc2)c(C)c1C. The van der Waals surface area contributed by atoms with Gasteiger partial charge in [-0.05, 0) is 86.0 Å². The molecule has 0 spiro atoms. The van der Waals surface area contributed by atoms with E-state index in [9.17, 15) is 16.8 Å². The van der Waals surface area contributed by atoms with Crippen molar-refractivity contribution in [3.63, 3.8) is 0 Å². The Kier molecular flexibility index (Phi) is 6.05. The van der Waals surface area contributed by atoms with Gasteiger partial charge in [-0.15, -0.1) is 0 Å². The van der Waals surface area contributed by atoms with E-state index in [1.54, 1.807) is 0 Å². The summed E-state index contributed by atoms with van der Waals surface area (Å²) in [5.74, 6) is 1.08. The predicted octanol–water partition coefficient (Wildman–Crippen LogP) is 3.99. The normalized spacial score (nSPS) is 11.9. The molecule has 0 radical (unpaired) electrons. The first-order valence-corrected chi connectivity index (χ1v) is 11.9. The zero-order valence-corrected chi connectivity index (χ0v) is 18.5. The van der Waals surface area contributed by atoms with Crippen molar-refractivity contribution in [1.29, 1.82) is 0 Å². The van der Waals surface area contributed by atoms with Gasteiger partial charge in [0.2, 0.25) is 0 Å². The van der Waals surface area contributed by atoms with Crippen molar-refractivity contribution >= 4 is 43.2 Å². The van der Waals surface area contributed by atoms with Gasteiger partial charge in [0.15, 0.2) is 0 Å². The van der Waals surface area contributed by atoms with Gasteiger partial charge in [-0.1, -0.05) is 0 Å². The van der Waals surface area contributed by atoms with Gasteiger partial charge in [-0.2, -0.15) is 16.8 Å². The summed E-state index contributed by atoms with van der Waals surface area (Å²) in [5, 5.41) is 6.27. The Morgan fingerprint density at radius 1 is 0.613 bits per heavy atom. The van der Waals surface area contributed by atoms with E-state index in [1.807, 2.05) is 20.8 Å². The highest BCUT2D eigenvalue weighted by atomic mass is 32.2. The number of nitrogens with zero attached hydrogens (tertiary/aromatic N) is 1.